The monoisotopic (exact) mass is 417 g/mol. The second-order valence-electron chi connectivity index (χ2n) is 7.04. The van der Waals surface area contributed by atoms with E-state index in [1.165, 1.54) is 23.2 Å². The fourth-order valence-electron chi connectivity index (χ4n) is 3.56. The van der Waals surface area contributed by atoms with Crippen LogP contribution in [0.2, 0.25) is 0 Å². The van der Waals surface area contributed by atoms with E-state index in [-0.39, 0.29) is 18.5 Å². The number of hydrogen-bond acceptors (Lipinski definition) is 4. The number of amides is 1. The maximum absolute atomic E-state index is 13.3. The molecule has 4 rings (SSSR count). The second kappa shape index (κ2) is 7.05. The van der Waals surface area contributed by atoms with Crippen LogP contribution in [0, 0.1) is 5.21 Å². The summed E-state index contributed by atoms with van der Waals surface area (Å²) < 4.78 is 40.9. The quantitative estimate of drug-likeness (QED) is 0.523. The van der Waals surface area contributed by atoms with Crippen LogP contribution in [-0.2, 0) is 6.18 Å². The lowest BCUT2D eigenvalue weighted by molar-refractivity contribution is -0.590. The van der Waals surface area contributed by atoms with Crippen LogP contribution in [-0.4, -0.2) is 29.3 Å². The van der Waals surface area contributed by atoms with Crippen molar-refractivity contribution in [2.24, 2.45) is 0 Å². The van der Waals surface area contributed by atoms with Crippen LogP contribution in [0.1, 0.15) is 29.0 Å². The van der Waals surface area contributed by atoms with Gasteiger partial charge in [0.15, 0.2) is 0 Å². The molecule has 1 amide bonds. The van der Waals surface area contributed by atoms with Crippen LogP contribution in [0.15, 0.2) is 48.8 Å². The Morgan fingerprint density at radius 2 is 1.93 bits per heavy atom. The highest BCUT2D eigenvalue weighted by molar-refractivity contribution is 6.09. The normalized spacial score (nSPS) is 16.5. The van der Waals surface area contributed by atoms with Crippen molar-refractivity contribution >= 4 is 17.4 Å². The van der Waals surface area contributed by atoms with Crippen molar-refractivity contribution in [3.8, 4) is 11.1 Å². The molecule has 1 aliphatic heterocycles. The van der Waals surface area contributed by atoms with Crippen molar-refractivity contribution < 1.29 is 22.7 Å². The molecule has 0 aliphatic carbocycles. The second-order valence-corrected chi connectivity index (χ2v) is 7.04. The number of aromatic nitrogens is 3. The van der Waals surface area contributed by atoms with Crippen LogP contribution in [0.5, 0.6) is 0 Å². The van der Waals surface area contributed by atoms with Crippen LogP contribution < -0.4 is 14.9 Å². The van der Waals surface area contributed by atoms with E-state index in [9.17, 15) is 23.2 Å². The number of nitrogens with one attached hydrogen (secondary N) is 1. The highest BCUT2D eigenvalue weighted by Gasteiger charge is 2.35. The zero-order valence-corrected chi connectivity index (χ0v) is 16.1. The molecule has 1 aromatic carbocycles. The van der Waals surface area contributed by atoms with E-state index < -0.39 is 11.7 Å². The Hall–Kier alpha value is -3.56. The predicted octanol–water partition coefficient (Wildman–Crippen LogP) is 3.47. The Labute approximate surface area is 169 Å². The summed E-state index contributed by atoms with van der Waals surface area (Å²) in [4.78, 5) is 14.7. The van der Waals surface area contributed by atoms with Crippen molar-refractivity contribution in [2.45, 2.75) is 19.1 Å². The van der Waals surface area contributed by atoms with Crippen molar-refractivity contribution in [3.05, 3.63) is 65.3 Å². The molecule has 3 aromatic rings. The molecule has 0 spiro atoms. The Bertz CT molecular complexity index is 1110. The van der Waals surface area contributed by atoms with Crippen molar-refractivity contribution in [1.29, 1.82) is 0 Å². The fourth-order valence-corrected chi connectivity index (χ4v) is 3.56. The number of alkyl halides is 3. The molecule has 7 nitrogen and oxygen atoms in total. The first-order valence-electron chi connectivity index (χ1n) is 9.18. The molecule has 30 heavy (non-hydrogen) atoms. The third-order valence-corrected chi connectivity index (χ3v) is 5.10. The Morgan fingerprint density at radius 1 is 1.23 bits per heavy atom. The topological polar surface area (TPSA) is 77.1 Å². The molecule has 1 atom stereocenters. The van der Waals surface area contributed by atoms with E-state index in [4.69, 9.17) is 0 Å². The lowest BCUT2D eigenvalue weighted by atomic mass is 10.0. The highest BCUT2D eigenvalue weighted by atomic mass is 19.4. The van der Waals surface area contributed by atoms with Crippen LogP contribution >= 0.6 is 0 Å². The third kappa shape index (κ3) is 3.23. The first-order chi connectivity index (χ1) is 14.2. The molecule has 0 saturated carbocycles. The van der Waals surface area contributed by atoms with Crippen LogP contribution in [0.4, 0.5) is 24.7 Å². The van der Waals surface area contributed by atoms with E-state index in [1.54, 1.807) is 30.1 Å². The summed E-state index contributed by atoms with van der Waals surface area (Å²) in [5, 5.41) is 18.9. The Balaban J connectivity index is 1.75. The predicted molar refractivity (Wildman–Crippen MR) is 104 cm³/mol. The molecule has 3 heterocycles. The summed E-state index contributed by atoms with van der Waals surface area (Å²) in [6.07, 6.45) is -1.56. The molecule has 1 N–H and O–H groups in total. The van der Waals surface area contributed by atoms with Gasteiger partial charge in [-0.15, -0.1) is 0 Å². The van der Waals surface area contributed by atoms with Gasteiger partial charge in [-0.05, 0) is 42.8 Å². The van der Waals surface area contributed by atoms with Crippen molar-refractivity contribution in [2.75, 3.05) is 23.8 Å². The lowest BCUT2D eigenvalue weighted by Crippen LogP contribution is -2.42. The minimum Gasteiger partial charge on any atom is -0.711 e. The van der Waals surface area contributed by atoms with Gasteiger partial charge in [0.25, 0.3) is 11.7 Å². The maximum atomic E-state index is 13.3. The first-order valence-corrected chi connectivity index (χ1v) is 9.18. The zero-order chi connectivity index (χ0) is 21.6. The standard InChI is InChI=1S/C20H18F3N5O2/c1-12-11-26(15-5-3-14(4-6-15)20(21,22)23)19(29)18-16(10-25-28(12)18)13-7-8-27(30)17(9-13)24-2/h3-10,12,24H,11H2,1-2H3/t12-/m0/s1. The molecule has 10 heteroatoms. The summed E-state index contributed by atoms with van der Waals surface area (Å²) in [5.74, 6) is -0.0615. The molecule has 0 unspecified atom stereocenters. The number of fused-ring (bicyclic) bond motifs is 1. The number of nitrogens with zero attached hydrogens (tertiary/aromatic N) is 4. The van der Waals surface area contributed by atoms with Gasteiger partial charge in [-0.25, -0.2) is 4.73 Å². The number of pyridine rings is 1. The van der Waals surface area contributed by atoms with Gasteiger partial charge >= 0.3 is 6.18 Å². The number of hydrogen-bond donors (Lipinski definition) is 1. The van der Waals surface area contributed by atoms with E-state index in [1.807, 2.05) is 6.92 Å². The Kier molecular flexibility index (Phi) is 4.64. The molecule has 2 aromatic heterocycles. The number of halogens is 3. The van der Waals surface area contributed by atoms with Crippen molar-refractivity contribution in [1.82, 2.24) is 9.78 Å². The summed E-state index contributed by atoms with van der Waals surface area (Å²) in [5.41, 5.74) is 1.09. The number of carbonyl (C=O) groups excluding carboxylic acids is 1. The third-order valence-electron chi connectivity index (χ3n) is 5.10. The van der Waals surface area contributed by atoms with Gasteiger partial charge in [0.2, 0.25) is 0 Å². The maximum Gasteiger partial charge on any atom is 0.416 e. The molecular formula is C20H18F3N5O2. The van der Waals surface area contributed by atoms with E-state index >= 15 is 0 Å². The molecule has 0 fully saturated rings. The summed E-state index contributed by atoms with van der Waals surface area (Å²) >= 11 is 0. The molecule has 0 radical (unpaired) electrons. The number of carbonyl (C=O) groups is 1. The molecule has 0 bridgehead atoms. The van der Waals surface area contributed by atoms with Gasteiger partial charge in [-0.3, -0.25) is 14.8 Å². The van der Waals surface area contributed by atoms with E-state index in [0.717, 1.165) is 12.1 Å². The smallest absolute Gasteiger partial charge is 0.416 e. The fraction of sp³-hybridized carbons (Fsp3) is 0.250. The average molecular weight is 417 g/mol. The first kappa shape index (κ1) is 19.7. The minimum atomic E-state index is -4.44. The van der Waals surface area contributed by atoms with Gasteiger partial charge in [0.05, 0.1) is 31.0 Å². The molecule has 0 saturated heterocycles. The molecular weight excluding hydrogens is 399 g/mol. The average Bonchev–Trinajstić information content (AvgIpc) is 3.17. The van der Waals surface area contributed by atoms with Gasteiger partial charge in [0.1, 0.15) is 5.69 Å². The summed E-state index contributed by atoms with van der Waals surface area (Å²) in [7, 11) is 1.61. The highest BCUT2D eigenvalue weighted by Crippen LogP contribution is 2.35. The lowest BCUT2D eigenvalue weighted by Gasteiger charge is -2.32. The molecule has 156 valence electrons. The zero-order valence-electron chi connectivity index (χ0n) is 16.1. The van der Waals surface area contributed by atoms with E-state index in [2.05, 4.69) is 10.4 Å². The number of rotatable bonds is 3. The number of anilines is 2. The summed E-state index contributed by atoms with van der Waals surface area (Å²) in [6, 6.07) is 7.51. The van der Waals surface area contributed by atoms with Crippen LogP contribution in [0.3, 0.4) is 0 Å². The minimum absolute atomic E-state index is 0.189. The largest absolute Gasteiger partial charge is 0.711 e. The van der Waals surface area contributed by atoms with Gasteiger partial charge in [-0.2, -0.15) is 18.3 Å². The SMILES string of the molecule is CNc1cc(-c2cnn3c2C(=O)N(c2ccc(C(F)(F)F)cc2)C[C@@H]3C)cc[n+]1[O-]. The van der Waals surface area contributed by atoms with Crippen LogP contribution in [0.25, 0.3) is 11.1 Å². The Morgan fingerprint density at radius 3 is 2.57 bits per heavy atom. The van der Waals surface area contributed by atoms with Gasteiger partial charge < -0.3 is 10.1 Å². The number of benzene rings is 1. The van der Waals surface area contributed by atoms with Crippen molar-refractivity contribution in [3.63, 3.8) is 0 Å². The van der Waals surface area contributed by atoms with Gasteiger partial charge in [-0.1, -0.05) is 0 Å². The van der Waals surface area contributed by atoms with Gasteiger partial charge in [0, 0.05) is 23.9 Å². The van der Waals surface area contributed by atoms with E-state index in [0.29, 0.717) is 33.1 Å². The molecule has 1 aliphatic rings. The summed E-state index contributed by atoms with van der Waals surface area (Å²) in [6.45, 7) is 2.15.